The van der Waals surface area contributed by atoms with E-state index >= 15 is 0 Å². The van der Waals surface area contributed by atoms with Crippen molar-refractivity contribution in [2.24, 2.45) is 0 Å². The Morgan fingerprint density at radius 3 is 2.80 bits per heavy atom. The zero-order valence-electron chi connectivity index (χ0n) is 14.3. The molecular weight excluding hydrogens is 316 g/mol. The number of hydrogen-bond donors (Lipinski definition) is 2. The van der Waals surface area contributed by atoms with Crippen LogP contribution >= 0.6 is 0 Å². The summed E-state index contributed by atoms with van der Waals surface area (Å²) in [5.74, 6) is 1.99. The maximum Gasteiger partial charge on any atom is 0.279 e. The third kappa shape index (κ3) is 2.81. The van der Waals surface area contributed by atoms with Crippen LogP contribution < -0.4 is 5.56 Å². The van der Waals surface area contributed by atoms with Gasteiger partial charge in [0.1, 0.15) is 17.4 Å². The summed E-state index contributed by atoms with van der Waals surface area (Å²) in [5.41, 5.74) is 1.58. The first-order chi connectivity index (χ1) is 12.2. The molecule has 1 saturated carbocycles. The molecule has 6 heteroatoms. The molecule has 0 aliphatic heterocycles. The van der Waals surface area contributed by atoms with Crippen LogP contribution in [0.1, 0.15) is 50.8 Å². The minimum atomic E-state index is -0.0954. The van der Waals surface area contributed by atoms with E-state index in [0.29, 0.717) is 29.5 Å². The highest BCUT2D eigenvalue weighted by atomic mass is 16.3. The van der Waals surface area contributed by atoms with E-state index in [0.717, 1.165) is 30.7 Å². The van der Waals surface area contributed by atoms with Crippen LogP contribution in [0, 0.1) is 0 Å². The van der Waals surface area contributed by atoms with E-state index in [1.807, 2.05) is 13.0 Å². The molecule has 0 unspecified atom stereocenters. The van der Waals surface area contributed by atoms with Crippen molar-refractivity contribution in [2.45, 2.75) is 51.5 Å². The highest BCUT2D eigenvalue weighted by molar-refractivity contribution is 5.73. The van der Waals surface area contributed by atoms with E-state index in [2.05, 4.69) is 15.0 Å². The smallest absolute Gasteiger partial charge is 0.279 e. The molecule has 1 aliphatic carbocycles. The number of aromatic nitrogens is 4. The Morgan fingerprint density at radius 1 is 1.28 bits per heavy atom. The standard InChI is InChI=1S/C19H22N4O2/c1-2-10-23-18(13-8-5-9-14(24)11-13)22-17-15(19(23)25)20-16(21-17)12-6-3-4-7-12/h5,8-9,11-12,24H,2-4,6-7,10H2,1H3,(H,20,21). The fraction of sp³-hybridized carbons (Fsp3) is 0.421. The summed E-state index contributed by atoms with van der Waals surface area (Å²) in [6.07, 6.45) is 5.47. The van der Waals surface area contributed by atoms with Gasteiger partial charge in [-0.3, -0.25) is 9.36 Å². The van der Waals surface area contributed by atoms with E-state index in [9.17, 15) is 9.90 Å². The lowest BCUT2D eigenvalue weighted by Gasteiger charge is -2.11. The number of phenols is 1. The van der Waals surface area contributed by atoms with E-state index in [1.54, 1.807) is 22.8 Å². The van der Waals surface area contributed by atoms with Gasteiger partial charge in [0.2, 0.25) is 0 Å². The molecule has 130 valence electrons. The Hall–Kier alpha value is -2.63. The maximum absolute atomic E-state index is 13.0. The van der Waals surface area contributed by atoms with Gasteiger partial charge in [-0.1, -0.05) is 31.9 Å². The summed E-state index contributed by atoms with van der Waals surface area (Å²) >= 11 is 0. The molecule has 0 bridgehead atoms. The van der Waals surface area contributed by atoms with Gasteiger partial charge in [-0.05, 0) is 31.4 Å². The second kappa shape index (κ2) is 6.35. The molecule has 1 aromatic carbocycles. The fourth-order valence-electron chi connectivity index (χ4n) is 3.69. The third-order valence-electron chi connectivity index (χ3n) is 4.92. The molecule has 1 fully saturated rings. The third-order valence-corrected chi connectivity index (χ3v) is 4.92. The molecule has 2 N–H and O–H groups in total. The Morgan fingerprint density at radius 2 is 2.08 bits per heavy atom. The molecule has 1 aliphatic rings. The molecule has 2 aromatic heterocycles. The number of aromatic hydroxyl groups is 1. The molecule has 0 amide bonds. The van der Waals surface area contributed by atoms with Gasteiger partial charge in [0.05, 0.1) is 0 Å². The Kier molecular flexibility index (Phi) is 4.03. The molecule has 2 heterocycles. The maximum atomic E-state index is 13.0. The van der Waals surface area contributed by atoms with Crippen molar-refractivity contribution in [1.82, 2.24) is 19.5 Å². The Balaban J connectivity index is 1.92. The minimum absolute atomic E-state index is 0.0954. The molecule has 0 radical (unpaired) electrons. The first kappa shape index (κ1) is 15.9. The van der Waals surface area contributed by atoms with Gasteiger partial charge in [-0.2, -0.15) is 0 Å². The summed E-state index contributed by atoms with van der Waals surface area (Å²) in [5, 5.41) is 9.79. The van der Waals surface area contributed by atoms with Gasteiger partial charge in [-0.15, -0.1) is 0 Å². The number of aromatic amines is 1. The van der Waals surface area contributed by atoms with Crippen molar-refractivity contribution >= 4 is 11.2 Å². The van der Waals surface area contributed by atoms with E-state index in [4.69, 9.17) is 0 Å². The van der Waals surface area contributed by atoms with Crippen LogP contribution in [0.2, 0.25) is 0 Å². The molecule has 4 rings (SSSR count). The van der Waals surface area contributed by atoms with Crippen molar-refractivity contribution in [1.29, 1.82) is 0 Å². The quantitative estimate of drug-likeness (QED) is 0.762. The van der Waals surface area contributed by atoms with Crippen molar-refractivity contribution in [3.63, 3.8) is 0 Å². The number of fused-ring (bicyclic) bond motifs is 1. The van der Waals surface area contributed by atoms with Gasteiger partial charge < -0.3 is 10.1 Å². The number of nitrogens with zero attached hydrogens (tertiary/aromatic N) is 3. The van der Waals surface area contributed by atoms with Crippen molar-refractivity contribution in [3.05, 3.63) is 40.4 Å². The fourth-order valence-corrected chi connectivity index (χ4v) is 3.69. The second-order valence-corrected chi connectivity index (χ2v) is 6.74. The van der Waals surface area contributed by atoms with Crippen LogP contribution in [0.25, 0.3) is 22.6 Å². The molecular formula is C19H22N4O2. The molecule has 0 atom stereocenters. The number of rotatable bonds is 4. The topological polar surface area (TPSA) is 83.8 Å². The molecule has 25 heavy (non-hydrogen) atoms. The van der Waals surface area contributed by atoms with Crippen LogP contribution in [-0.4, -0.2) is 24.6 Å². The van der Waals surface area contributed by atoms with Gasteiger partial charge in [-0.25, -0.2) is 9.97 Å². The van der Waals surface area contributed by atoms with Crippen molar-refractivity contribution in [3.8, 4) is 17.1 Å². The average Bonchev–Trinajstić information content (AvgIpc) is 3.26. The van der Waals surface area contributed by atoms with Gasteiger partial charge >= 0.3 is 0 Å². The van der Waals surface area contributed by atoms with E-state index < -0.39 is 0 Å². The predicted octanol–water partition coefficient (Wildman–Crippen LogP) is 3.56. The lowest BCUT2D eigenvalue weighted by molar-refractivity contribution is 0.475. The molecule has 0 saturated heterocycles. The summed E-state index contributed by atoms with van der Waals surface area (Å²) in [4.78, 5) is 25.5. The summed E-state index contributed by atoms with van der Waals surface area (Å²) in [6, 6.07) is 6.84. The minimum Gasteiger partial charge on any atom is -0.508 e. The van der Waals surface area contributed by atoms with Crippen LogP contribution in [0.3, 0.4) is 0 Å². The second-order valence-electron chi connectivity index (χ2n) is 6.74. The van der Waals surface area contributed by atoms with Crippen LogP contribution in [0.4, 0.5) is 0 Å². The monoisotopic (exact) mass is 338 g/mol. The summed E-state index contributed by atoms with van der Waals surface area (Å²) < 4.78 is 1.67. The normalized spacial score (nSPS) is 15.2. The van der Waals surface area contributed by atoms with E-state index in [1.165, 1.54) is 12.8 Å². The predicted molar refractivity (Wildman–Crippen MR) is 96.7 cm³/mol. The number of phenolic OH excluding ortho intramolecular Hbond substituents is 1. The number of benzene rings is 1. The zero-order valence-corrected chi connectivity index (χ0v) is 14.3. The van der Waals surface area contributed by atoms with Crippen molar-refractivity contribution < 1.29 is 5.11 Å². The lowest BCUT2D eigenvalue weighted by Crippen LogP contribution is -2.23. The van der Waals surface area contributed by atoms with Gasteiger partial charge in [0.25, 0.3) is 5.56 Å². The molecule has 6 nitrogen and oxygen atoms in total. The first-order valence-corrected chi connectivity index (χ1v) is 8.97. The van der Waals surface area contributed by atoms with Crippen LogP contribution in [-0.2, 0) is 6.54 Å². The summed E-state index contributed by atoms with van der Waals surface area (Å²) in [7, 11) is 0. The largest absolute Gasteiger partial charge is 0.508 e. The number of imidazole rings is 1. The Labute approximate surface area is 145 Å². The number of hydrogen-bond acceptors (Lipinski definition) is 4. The summed E-state index contributed by atoms with van der Waals surface area (Å²) in [6.45, 7) is 2.60. The van der Waals surface area contributed by atoms with Gasteiger partial charge in [0, 0.05) is 18.0 Å². The molecule has 3 aromatic rings. The highest BCUT2D eigenvalue weighted by Gasteiger charge is 2.23. The molecule has 0 spiro atoms. The number of H-pyrrole nitrogens is 1. The zero-order chi connectivity index (χ0) is 17.4. The van der Waals surface area contributed by atoms with Gasteiger partial charge in [0.15, 0.2) is 11.2 Å². The van der Waals surface area contributed by atoms with Crippen LogP contribution in [0.5, 0.6) is 5.75 Å². The lowest BCUT2D eigenvalue weighted by atomic mass is 10.1. The highest BCUT2D eigenvalue weighted by Crippen LogP contribution is 2.33. The van der Waals surface area contributed by atoms with Crippen molar-refractivity contribution in [2.75, 3.05) is 0 Å². The van der Waals surface area contributed by atoms with Crippen LogP contribution in [0.15, 0.2) is 29.1 Å². The van der Waals surface area contributed by atoms with E-state index in [-0.39, 0.29) is 11.3 Å². The Bertz CT molecular complexity index is 967. The SMILES string of the molecule is CCCn1c(-c2cccc(O)c2)nc2nc(C3CCCC3)[nH]c2c1=O. The average molecular weight is 338 g/mol. The first-order valence-electron chi connectivity index (χ1n) is 8.97. The number of nitrogens with one attached hydrogen (secondary N) is 1.